The maximum Gasteiger partial charge on any atom is 0.306 e. The Labute approximate surface area is 505 Å². The summed E-state index contributed by atoms with van der Waals surface area (Å²) < 4.78 is 17.0. The van der Waals surface area contributed by atoms with E-state index in [4.69, 9.17) is 14.2 Å². The molecule has 0 saturated carbocycles. The topological polar surface area (TPSA) is 78.9 Å². The Morgan fingerprint density at radius 3 is 0.753 bits per heavy atom. The third-order valence-electron chi connectivity index (χ3n) is 16.3. The number of esters is 3. The van der Waals surface area contributed by atoms with Gasteiger partial charge in [-0.2, -0.15) is 0 Å². The molecule has 6 heteroatoms. The quantitative estimate of drug-likeness (QED) is 0.0261. The van der Waals surface area contributed by atoms with Crippen molar-refractivity contribution in [1.29, 1.82) is 0 Å². The summed E-state index contributed by atoms with van der Waals surface area (Å²) >= 11 is 0. The normalized spacial score (nSPS) is 12.3. The number of hydrogen-bond donors (Lipinski definition) is 0. The third kappa shape index (κ3) is 68.0. The first-order valence-electron chi connectivity index (χ1n) is 36.1. The van der Waals surface area contributed by atoms with Gasteiger partial charge in [0.2, 0.25) is 0 Å². The predicted octanol–water partition coefficient (Wildman–Crippen LogP) is 24.9. The molecule has 0 bridgehead atoms. The van der Waals surface area contributed by atoms with Crippen LogP contribution in [0, 0.1) is 0 Å². The second-order valence-corrected chi connectivity index (χ2v) is 24.5. The van der Waals surface area contributed by atoms with Gasteiger partial charge < -0.3 is 14.2 Å². The second kappa shape index (κ2) is 69.9. The molecule has 0 aromatic heterocycles. The zero-order valence-corrected chi connectivity index (χ0v) is 54.6. The van der Waals surface area contributed by atoms with Gasteiger partial charge in [-0.25, -0.2) is 0 Å². The predicted molar refractivity (Wildman–Crippen MR) is 353 cm³/mol. The average Bonchev–Trinajstić information content (AvgIpc) is 3.47. The molecule has 0 aliphatic heterocycles. The van der Waals surface area contributed by atoms with Crippen LogP contribution in [0.5, 0.6) is 0 Å². The van der Waals surface area contributed by atoms with Crippen molar-refractivity contribution in [2.45, 2.75) is 399 Å². The molecule has 0 aromatic carbocycles. The van der Waals surface area contributed by atoms with Crippen LogP contribution >= 0.6 is 0 Å². The molecular weight excluding hydrogens is 997 g/mol. The molecule has 474 valence electrons. The van der Waals surface area contributed by atoms with Crippen molar-refractivity contribution < 1.29 is 28.6 Å². The first-order chi connectivity index (χ1) is 40.0. The van der Waals surface area contributed by atoms with E-state index in [1.807, 2.05) is 0 Å². The lowest BCUT2D eigenvalue weighted by Gasteiger charge is -2.18. The maximum absolute atomic E-state index is 13.0. The molecule has 0 aromatic rings. The van der Waals surface area contributed by atoms with Gasteiger partial charge in [-0.3, -0.25) is 14.4 Å². The average molecular weight is 1140 g/mol. The number of ether oxygens (including phenoxy) is 3. The van der Waals surface area contributed by atoms with E-state index in [-0.39, 0.29) is 31.1 Å². The highest BCUT2D eigenvalue weighted by atomic mass is 16.6. The molecule has 1 unspecified atom stereocenters. The van der Waals surface area contributed by atoms with Gasteiger partial charge in [-0.15, -0.1) is 0 Å². The summed E-state index contributed by atoms with van der Waals surface area (Å²) in [5.74, 6) is -0.836. The number of allylic oxidation sites excluding steroid dienone is 8. The van der Waals surface area contributed by atoms with E-state index in [9.17, 15) is 14.4 Å². The summed E-state index contributed by atoms with van der Waals surface area (Å²) in [5.41, 5.74) is 0. The lowest BCUT2D eigenvalue weighted by molar-refractivity contribution is -0.167. The largest absolute Gasteiger partial charge is 0.462 e. The smallest absolute Gasteiger partial charge is 0.306 e. The third-order valence-corrected chi connectivity index (χ3v) is 16.3. The number of unbranched alkanes of at least 4 members (excludes halogenated alkanes) is 48. The molecule has 6 nitrogen and oxygen atoms in total. The van der Waals surface area contributed by atoms with Crippen LogP contribution in [0.15, 0.2) is 48.6 Å². The Balaban J connectivity index is 4.29. The van der Waals surface area contributed by atoms with Gasteiger partial charge in [0, 0.05) is 19.3 Å². The Hall–Kier alpha value is -2.63. The van der Waals surface area contributed by atoms with Crippen molar-refractivity contribution in [3.8, 4) is 0 Å². The molecule has 0 fully saturated rings. The van der Waals surface area contributed by atoms with E-state index in [1.165, 1.54) is 270 Å². The lowest BCUT2D eigenvalue weighted by Crippen LogP contribution is -2.30. The number of carbonyl (C=O) groups excluding carboxylic acids is 3. The molecule has 0 spiro atoms. The molecule has 0 radical (unpaired) electrons. The maximum atomic E-state index is 13.0. The van der Waals surface area contributed by atoms with E-state index in [2.05, 4.69) is 69.4 Å². The van der Waals surface area contributed by atoms with E-state index >= 15 is 0 Å². The summed E-state index contributed by atoms with van der Waals surface area (Å²) in [7, 11) is 0. The minimum Gasteiger partial charge on any atom is -0.462 e. The van der Waals surface area contributed by atoms with Gasteiger partial charge in [-0.1, -0.05) is 365 Å². The summed E-state index contributed by atoms with van der Waals surface area (Å²) in [6.07, 6.45) is 88.5. The van der Waals surface area contributed by atoms with Gasteiger partial charge in [-0.05, 0) is 57.8 Å². The van der Waals surface area contributed by atoms with Crippen molar-refractivity contribution in [2.75, 3.05) is 13.2 Å². The Kier molecular flexibility index (Phi) is 67.6. The van der Waals surface area contributed by atoms with Crippen molar-refractivity contribution in [3.05, 3.63) is 48.6 Å². The summed E-state index contributed by atoms with van der Waals surface area (Å²) in [6, 6.07) is 0. The van der Waals surface area contributed by atoms with Crippen molar-refractivity contribution >= 4 is 17.9 Å². The Morgan fingerprint density at radius 1 is 0.259 bits per heavy atom. The highest BCUT2D eigenvalue weighted by Crippen LogP contribution is 2.19. The van der Waals surface area contributed by atoms with Crippen LogP contribution in [0.1, 0.15) is 393 Å². The van der Waals surface area contributed by atoms with Gasteiger partial charge in [0.15, 0.2) is 6.10 Å². The second-order valence-electron chi connectivity index (χ2n) is 24.5. The molecule has 0 rings (SSSR count). The zero-order valence-electron chi connectivity index (χ0n) is 54.6. The Morgan fingerprint density at radius 2 is 0.481 bits per heavy atom. The highest BCUT2D eigenvalue weighted by Gasteiger charge is 2.19. The van der Waals surface area contributed by atoms with Crippen LogP contribution in [0.2, 0.25) is 0 Å². The summed E-state index contributed by atoms with van der Waals surface area (Å²) in [4.78, 5) is 38.5. The summed E-state index contributed by atoms with van der Waals surface area (Å²) in [6.45, 7) is 6.61. The first kappa shape index (κ1) is 78.4. The fraction of sp³-hybridized carbons (Fsp3) is 0.853. The first-order valence-corrected chi connectivity index (χ1v) is 36.1. The van der Waals surface area contributed by atoms with E-state index in [0.29, 0.717) is 19.3 Å². The monoisotopic (exact) mass is 1140 g/mol. The lowest BCUT2D eigenvalue weighted by atomic mass is 10.0. The highest BCUT2D eigenvalue weighted by molar-refractivity contribution is 5.71. The van der Waals surface area contributed by atoms with Crippen LogP contribution in [0.4, 0.5) is 0 Å². The minimum atomic E-state index is -0.771. The van der Waals surface area contributed by atoms with Crippen LogP contribution in [-0.2, 0) is 28.6 Å². The van der Waals surface area contributed by atoms with E-state index in [1.54, 1.807) is 0 Å². The molecule has 0 heterocycles. The molecule has 81 heavy (non-hydrogen) atoms. The molecule has 1 atom stereocenters. The number of hydrogen-bond acceptors (Lipinski definition) is 6. The van der Waals surface area contributed by atoms with Crippen LogP contribution < -0.4 is 0 Å². The molecular formula is C75H138O6. The Bertz CT molecular complexity index is 1400. The molecule has 0 saturated heterocycles. The fourth-order valence-corrected chi connectivity index (χ4v) is 11.0. The molecule has 0 aliphatic rings. The van der Waals surface area contributed by atoms with Gasteiger partial charge in [0.25, 0.3) is 0 Å². The summed E-state index contributed by atoms with van der Waals surface area (Å²) in [5, 5.41) is 0. The van der Waals surface area contributed by atoms with Crippen molar-refractivity contribution in [3.63, 3.8) is 0 Å². The SMILES string of the molecule is CC/C=C\C/C=C\C/C=C\C/C=C\CCCCCCCCCCCCCCC(=O)OCC(COC(=O)CCCCCCCCCCCCCCCCCCC)OC(=O)CCCCCCCCCCCCCCCCCCCCCCC. The number of rotatable bonds is 67. The standard InChI is InChI=1S/C75H138O6/c1-4-7-10-13-16-19-22-25-28-31-33-35-36-37-38-40-41-44-47-50-53-56-59-62-65-68-74(77)80-71-72(70-79-73(76)67-64-61-58-55-52-49-46-43-30-27-24-21-18-15-12-9-6-3)81-75(78)69-66-63-60-57-54-51-48-45-42-39-34-32-29-26-23-20-17-14-11-8-5-2/h7,10,16,19,25,28,33,35,72H,4-6,8-9,11-15,17-18,20-24,26-27,29-32,34,36-71H2,1-3H3/b10-7-,19-16-,28-25-,35-33-. The van der Waals surface area contributed by atoms with Gasteiger partial charge >= 0.3 is 17.9 Å². The molecule has 0 N–H and O–H groups in total. The van der Waals surface area contributed by atoms with Gasteiger partial charge in [0.1, 0.15) is 13.2 Å². The van der Waals surface area contributed by atoms with Crippen molar-refractivity contribution in [1.82, 2.24) is 0 Å². The van der Waals surface area contributed by atoms with Crippen LogP contribution in [0.25, 0.3) is 0 Å². The number of carbonyl (C=O) groups is 3. The van der Waals surface area contributed by atoms with Crippen LogP contribution in [-0.4, -0.2) is 37.2 Å². The van der Waals surface area contributed by atoms with Crippen molar-refractivity contribution in [2.24, 2.45) is 0 Å². The zero-order chi connectivity index (χ0) is 58.5. The molecule has 0 amide bonds. The minimum absolute atomic E-state index is 0.0667. The van der Waals surface area contributed by atoms with Gasteiger partial charge in [0.05, 0.1) is 0 Å². The van der Waals surface area contributed by atoms with E-state index < -0.39 is 6.10 Å². The fourth-order valence-electron chi connectivity index (χ4n) is 11.0. The molecule has 0 aliphatic carbocycles. The van der Waals surface area contributed by atoms with E-state index in [0.717, 1.165) is 83.5 Å². The van der Waals surface area contributed by atoms with Crippen LogP contribution in [0.3, 0.4) is 0 Å².